The second-order valence-electron chi connectivity index (χ2n) is 7.69. The lowest BCUT2D eigenvalue weighted by atomic mass is 10.1. The van der Waals surface area contributed by atoms with Gasteiger partial charge in [-0.1, -0.05) is 23.3 Å². The third-order valence-electron chi connectivity index (χ3n) is 5.14. The topological polar surface area (TPSA) is 187 Å². The summed E-state index contributed by atoms with van der Waals surface area (Å²) in [5, 5.41) is 6.21. The summed E-state index contributed by atoms with van der Waals surface area (Å²) >= 11 is 0. The predicted octanol–water partition coefficient (Wildman–Crippen LogP) is 2.17. The highest BCUT2D eigenvalue weighted by molar-refractivity contribution is 7.52. The normalized spacial score (nSPS) is 22.0. The van der Waals surface area contributed by atoms with E-state index in [9.17, 15) is 18.9 Å². The van der Waals surface area contributed by atoms with Crippen LogP contribution in [0.3, 0.4) is 0 Å². The van der Waals surface area contributed by atoms with Crippen LogP contribution < -0.4 is 20.9 Å². The maximum absolute atomic E-state index is 13.5. The zero-order valence-electron chi connectivity index (χ0n) is 19.2. The Morgan fingerprint density at radius 1 is 1.40 bits per heavy atom. The van der Waals surface area contributed by atoms with Crippen LogP contribution in [0.4, 0.5) is 0 Å². The Balaban J connectivity index is 1.81. The number of hydrogen-bond acceptors (Lipinski definition) is 9. The molecule has 14 nitrogen and oxygen atoms in total. The summed E-state index contributed by atoms with van der Waals surface area (Å²) < 4.78 is 36.3. The van der Waals surface area contributed by atoms with Crippen molar-refractivity contribution in [2.45, 2.75) is 44.7 Å². The van der Waals surface area contributed by atoms with Gasteiger partial charge in [0.15, 0.2) is 0 Å². The highest BCUT2D eigenvalue weighted by atomic mass is 31.2. The molecule has 0 aliphatic carbocycles. The molecule has 1 aromatic heterocycles. The largest absolute Gasteiger partial charge is 0.468 e. The number of methoxy groups -OCH3 is 1. The summed E-state index contributed by atoms with van der Waals surface area (Å²) in [5.41, 5.74) is 8.03. The molecule has 0 radical (unpaired) electrons. The maximum Gasteiger partial charge on any atom is 0.459 e. The van der Waals surface area contributed by atoms with Crippen LogP contribution in [-0.2, 0) is 23.4 Å². The molecular weight excluding hydrogens is 483 g/mol. The predicted molar refractivity (Wildman–Crippen MR) is 123 cm³/mol. The van der Waals surface area contributed by atoms with Crippen molar-refractivity contribution >= 4 is 13.7 Å². The molecule has 1 aromatic carbocycles. The molecule has 1 unspecified atom stereocenters. The van der Waals surface area contributed by atoms with Gasteiger partial charge in [0, 0.05) is 23.1 Å². The van der Waals surface area contributed by atoms with Crippen LogP contribution in [0, 0.1) is 6.92 Å². The first-order valence-electron chi connectivity index (χ1n) is 10.5. The number of aromatic amines is 1. The van der Waals surface area contributed by atoms with Gasteiger partial charge in [0.1, 0.15) is 18.0 Å². The summed E-state index contributed by atoms with van der Waals surface area (Å²) in [5.74, 6) is -0.477. The average Bonchev–Trinajstić information content (AvgIpc) is 3.23. The minimum Gasteiger partial charge on any atom is -0.468 e. The third kappa shape index (κ3) is 6.59. The van der Waals surface area contributed by atoms with Gasteiger partial charge in [0.05, 0.1) is 25.9 Å². The molecule has 2 N–H and O–H groups in total. The number of carbonyl (C=O) groups is 1. The number of nitrogens with one attached hydrogen (secondary N) is 2. The number of ether oxygens (including phenoxy) is 2. The fourth-order valence-corrected chi connectivity index (χ4v) is 4.87. The number of esters is 1. The minimum atomic E-state index is -4.16. The quantitative estimate of drug-likeness (QED) is 0.159. The standard InChI is InChI=1S/C20H25N6O8P/c1-12-10-26(20(29)22-18(12)27)17-9-15(23-25-21)16(33-17)11-32-35(30,24-13(2)19(28)31-3)34-14-7-5-4-6-8-14/h4-8,10,13,15-17H,9,11H2,1-3H3,(H,24,30)(H,22,27,29)/t13-,15+,16-,17-,35?/m1/s1. The molecule has 1 aliphatic rings. The number of benzene rings is 1. The Hall–Kier alpha value is -3.41. The van der Waals surface area contributed by atoms with Crippen molar-refractivity contribution in [1.82, 2.24) is 14.6 Å². The maximum atomic E-state index is 13.5. The monoisotopic (exact) mass is 508 g/mol. The number of H-pyrrole nitrogens is 1. The smallest absolute Gasteiger partial charge is 0.459 e. The van der Waals surface area contributed by atoms with Crippen LogP contribution in [0.1, 0.15) is 25.1 Å². The van der Waals surface area contributed by atoms with Crippen molar-refractivity contribution in [2.24, 2.45) is 5.11 Å². The first kappa shape index (κ1) is 26.2. The summed E-state index contributed by atoms with van der Waals surface area (Å²) in [6, 6.07) is 6.34. The molecule has 1 saturated heterocycles. The van der Waals surface area contributed by atoms with E-state index in [-0.39, 0.29) is 24.3 Å². The lowest BCUT2D eigenvalue weighted by Crippen LogP contribution is -2.36. The zero-order chi connectivity index (χ0) is 25.6. The van der Waals surface area contributed by atoms with Gasteiger partial charge in [0.25, 0.3) is 5.56 Å². The van der Waals surface area contributed by atoms with Gasteiger partial charge in [-0.15, -0.1) is 0 Å². The Kier molecular flexibility index (Phi) is 8.49. The van der Waals surface area contributed by atoms with Gasteiger partial charge in [-0.05, 0) is 31.5 Å². The van der Waals surface area contributed by atoms with E-state index in [0.29, 0.717) is 0 Å². The molecule has 2 aromatic rings. The highest BCUT2D eigenvalue weighted by Gasteiger charge is 2.40. The Morgan fingerprint density at radius 3 is 2.77 bits per heavy atom. The van der Waals surface area contributed by atoms with Gasteiger partial charge in [0.2, 0.25) is 0 Å². The number of aromatic nitrogens is 2. The first-order chi connectivity index (χ1) is 16.7. The van der Waals surface area contributed by atoms with Crippen LogP contribution in [0.5, 0.6) is 5.75 Å². The van der Waals surface area contributed by atoms with Crippen LogP contribution in [-0.4, -0.2) is 47.4 Å². The molecule has 0 amide bonds. The molecule has 1 aliphatic heterocycles. The van der Waals surface area contributed by atoms with Gasteiger partial charge < -0.3 is 14.0 Å². The van der Waals surface area contributed by atoms with E-state index in [2.05, 4.69) is 24.8 Å². The number of azide groups is 1. The Bertz CT molecular complexity index is 1260. The van der Waals surface area contributed by atoms with E-state index >= 15 is 0 Å². The summed E-state index contributed by atoms with van der Waals surface area (Å²) in [7, 11) is -2.98. The fraction of sp³-hybridized carbons (Fsp3) is 0.450. The van der Waals surface area contributed by atoms with E-state index in [1.54, 1.807) is 30.3 Å². The van der Waals surface area contributed by atoms with Crippen molar-refractivity contribution in [1.29, 1.82) is 0 Å². The number of carbonyl (C=O) groups excluding carboxylic acids is 1. The Morgan fingerprint density at radius 2 is 2.11 bits per heavy atom. The van der Waals surface area contributed by atoms with E-state index in [0.717, 1.165) is 0 Å². The van der Waals surface area contributed by atoms with Crippen molar-refractivity contribution < 1.29 is 27.9 Å². The number of rotatable bonds is 10. The lowest BCUT2D eigenvalue weighted by Gasteiger charge is -2.24. The number of para-hydroxylation sites is 1. The molecule has 0 bridgehead atoms. The minimum absolute atomic E-state index is 0.0965. The summed E-state index contributed by atoms with van der Waals surface area (Å²) in [6.45, 7) is 2.58. The third-order valence-corrected chi connectivity index (χ3v) is 6.79. The van der Waals surface area contributed by atoms with Crippen LogP contribution in [0.15, 0.2) is 51.2 Å². The highest BCUT2D eigenvalue weighted by Crippen LogP contribution is 2.46. The SMILES string of the molecule is COC(=O)[C@@H](C)NP(=O)(OC[C@H]1O[C@@H](n2cc(C)c(=O)[nH]c2=O)C[C@@H]1N=[N+]=[N-])Oc1ccccc1. The van der Waals surface area contributed by atoms with Crippen LogP contribution in [0.2, 0.25) is 0 Å². The van der Waals surface area contributed by atoms with Crippen molar-refractivity contribution in [3.8, 4) is 5.75 Å². The molecule has 2 heterocycles. The molecule has 1 fully saturated rings. The van der Waals surface area contributed by atoms with Gasteiger partial charge >= 0.3 is 19.4 Å². The summed E-state index contributed by atoms with van der Waals surface area (Å²) in [6.07, 6.45) is -0.360. The molecule has 188 valence electrons. The molecular formula is C20H25N6O8P. The molecule has 5 atom stereocenters. The van der Waals surface area contributed by atoms with Gasteiger partial charge in [-0.25, -0.2) is 9.36 Å². The van der Waals surface area contributed by atoms with E-state index in [1.165, 1.54) is 31.7 Å². The first-order valence-corrected chi connectivity index (χ1v) is 12.1. The number of hydrogen-bond donors (Lipinski definition) is 2. The molecule has 15 heteroatoms. The molecule has 35 heavy (non-hydrogen) atoms. The van der Waals surface area contributed by atoms with E-state index in [1.807, 2.05) is 0 Å². The summed E-state index contributed by atoms with van der Waals surface area (Å²) in [4.78, 5) is 40.8. The molecule has 0 saturated carbocycles. The molecule has 0 spiro atoms. The van der Waals surface area contributed by atoms with Crippen molar-refractivity contribution in [3.05, 3.63) is 73.4 Å². The van der Waals surface area contributed by atoms with Crippen LogP contribution in [0.25, 0.3) is 10.4 Å². The zero-order valence-corrected chi connectivity index (χ0v) is 20.1. The van der Waals surface area contributed by atoms with E-state index < -0.39 is 49.4 Å². The second-order valence-corrected chi connectivity index (χ2v) is 9.38. The van der Waals surface area contributed by atoms with Crippen molar-refractivity contribution in [3.63, 3.8) is 0 Å². The number of nitrogens with zero attached hydrogens (tertiary/aromatic N) is 4. The van der Waals surface area contributed by atoms with Gasteiger partial charge in [-0.3, -0.25) is 23.7 Å². The van der Waals surface area contributed by atoms with Crippen molar-refractivity contribution in [2.75, 3.05) is 13.7 Å². The molecule has 3 rings (SSSR count). The number of aryl methyl sites for hydroxylation is 1. The van der Waals surface area contributed by atoms with Gasteiger partial charge in [-0.2, -0.15) is 5.09 Å². The van der Waals surface area contributed by atoms with Crippen LogP contribution >= 0.6 is 7.75 Å². The average molecular weight is 508 g/mol. The lowest BCUT2D eigenvalue weighted by molar-refractivity contribution is -0.142. The fourth-order valence-electron chi connectivity index (χ4n) is 3.37. The second kappa shape index (κ2) is 11.3. The Labute approximate surface area is 199 Å². The van der Waals surface area contributed by atoms with E-state index in [4.69, 9.17) is 19.3 Å².